The Morgan fingerprint density at radius 1 is 1.58 bits per heavy atom. The Morgan fingerprint density at radius 3 is 2.67 bits per heavy atom. The number of carbonyl (C=O) groups is 1. The Morgan fingerprint density at radius 2 is 2.25 bits per heavy atom. The van der Waals surface area contributed by atoms with Gasteiger partial charge in [0.1, 0.15) is 0 Å². The standard InChI is InChI=1S/C8H8N2O2/c9-4-6-2-1-5(8(11)12)3-7(6)10/h1-4,9H,10H2,(H,11,12). The Balaban J connectivity index is 3.18. The van der Waals surface area contributed by atoms with Crippen LogP contribution in [0, 0.1) is 5.41 Å². The second-order valence-corrected chi connectivity index (χ2v) is 2.29. The van der Waals surface area contributed by atoms with Gasteiger partial charge in [-0.3, -0.25) is 0 Å². The van der Waals surface area contributed by atoms with Gasteiger partial charge in [-0.05, 0) is 12.1 Å². The predicted octanol–water partition coefficient (Wildman–Crippen LogP) is 0.965. The summed E-state index contributed by atoms with van der Waals surface area (Å²) in [7, 11) is 0. The average Bonchev–Trinajstić information content (AvgIpc) is 2.04. The van der Waals surface area contributed by atoms with E-state index < -0.39 is 5.97 Å². The quantitative estimate of drug-likeness (QED) is 0.449. The average molecular weight is 164 g/mol. The highest BCUT2D eigenvalue weighted by Crippen LogP contribution is 2.11. The molecule has 0 aromatic heterocycles. The van der Waals surface area contributed by atoms with Crippen LogP contribution in [0.15, 0.2) is 18.2 Å². The van der Waals surface area contributed by atoms with Crippen molar-refractivity contribution in [1.29, 1.82) is 5.41 Å². The minimum atomic E-state index is -1.02. The van der Waals surface area contributed by atoms with Gasteiger partial charge in [-0.25, -0.2) is 4.79 Å². The molecule has 0 heterocycles. The first-order valence-corrected chi connectivity index (χ1v) is 3.28. The van der Waals surface area contributed by atoms with Crippen molar-refractivity contribution in [1.82, 2.24) is 0 Å². The van der Waals surface area contributed by atoms with Crippen LogP contribution in [0.2, 0.25) is 0 Å². The fraction of sp³-hybridized carbons (Fsp3) is 0. The molecular weight excluding hydrogens is 156 g/mol. The molecule has 0 atom stereocenters. The van der Waals surface area contributed by atoms with Crippen molar-refractivity contribution >= 4 is 17.9 Å². The van der Waals surface area contributed by atoms with Crippen LogP contribution in [-0.4, -0.2) is 17.3 Å². The van der Waals surface area contributed by atoms with Gasteiger partial charge in [0.05, 0.1) is 5.56 Å². The van der Waals surface area contributed by atoms with E-state index in [1.807, 2.05) is 0 Å². The molecule has 0 aliphatic rings. The summed E-state index contributed by atoms with van der Waals surface area (Å²) in [5, 5.41) is 15.5. The summed E-state index contributed by atoms with van der Waals surface area (Å²) in [6.45, 7) is 0. The molecule has 0 unspecified atom stereocenters. The summed E-state index contributed by atoms with van der Waals surface area (Å²) >= 11 is 0. The summed E-state index contributed by atoms with van der Waals surface area (Å²) in [6.07, 6.45) is 1.08. The third kappa shape index (κ3) is 1.42. The number of hydrogen-bond acceptors (Lipinski definition) is 3. The molecule has 4 heteroatoms. The molecule has 12 heavy (non-hydrogen) atoms. The summed E-state index contributed by atoms with van der Waals surface area (Å²) in [5.41, 5.74) is 6.43. The lowest BCUT2D eigenvalue weighted by Crippen LogP contribution is -2.00. The lowest BCUT2D eigenvalue weighted by molar-refractivity contribution is 0.0697. The second kappa shape index (κ2) is 3.04. The van der Waals surface area contributed by atoms with Gasteiger partial charge in [-0.15, -0.1) is 0 Å². The third-order valence-corrected chi connectivity index (χ3v) is 1.49. The van der Waals surface area contributed by atoms with Crippen molar-refractivity contribution in [3.05, 3.63) is 29.3 Å². The molecule has 0 amide bonds. The number of nitrogen functional groups attached to an aromatic ring is 1. The van der Waals surface area contributed by atoms with Crippen LogP contribution in [-0.2, 0) is 0 Å². The van der Waals surface area contributed by atoms with Crippen molar-refractivity contribution < 1.29 is 9.90 Å². The number of nitrogens with two attached hydrogens (primary N) is 1. The van der Waals surface area contributed by atoms with E-state index in [1.165, 1.54) is 18.2 Å². The van der Waals surface area contributed by atoms with E-state index in [4.69, 9.17) is 16.2 Å². The molecule has 0 saturated heterocycles. The molecule has 1 aromatic carbocycles. The Labute approximate surface area is 69.1 Å². The van der Waals surface area contributed by atoms with E-state index in [9.17, 15) is 4.79 Å². The zero-order chi connectivity index (χ0) is 9.14. The lowest BCUT2D eigenvalue weighted by Gasteiger charge is -1.99. The number of rotatable bonds is 2. The fourth-order valence-corrected chi connectivity index (χ4v) is 0.839. The first-order chi connectivity index (χ1) is 5.65. The van der Waals surface area contributed by atoms with Crippen LogP contribution in [0.1, 0.15) is 15.9 Å². The number of carboxylic acid groups (broad SMARTS) is 1. The SMILES string of the molecule is N=Cc1ccc(C(=O)O)cc1N. The van der Waals surface area contributed by atoms with E-state index in [-0.39, 0.29) is 5.56 Å². The molecule has 0 radical (unpaired) electrons. The lowest BCUT2D eigenvalue weighted by atomic mass is 10.1. The highest BCUT2D eigenvalue weighted by Gasteiger charge is 2.03. The monoisotopic (exact) mass is 164 g/mol. The van der Waals surface area contributed by atoms with E-state index in [0.29, 0.717) is 11.3 Å². The van der Waals surface area contributed by atoms with E-state index in [0.717, 1.165) is 6.21 Å². The largest absolute Gasteiger partial charge is 0.478 e. The second-order valence-electron chi connectivity index (χ2n) is 2.29. The molecule has 0 aliphatic carbocycles. The summed E-state index contributed by atoms with van der Waals surface area (Å²) in [4.78, 5) is 10.4. The molecule has 0 saturated carbocycles. The zero-order valence-electron chi connectivity index (χ0n) is 6.24. The number of carboxylic acids is 1. The van der Waals surface area contributed by atoms with Crippen LogP contribution in [0.25, 0.3) is 0 Å². The molecule has 0 spiro atoms. The van der Waals surface area contributed by atoms with Gasteiger partial charge >= 0.3 is 5.97 Å². The van der Waals surface area contributed by atoms with Crippen molar-refractivity contribution in [3.8, 4) is 0 Å². The van der Waals surface area contributed by atoms with Crippen LogP contribution >= 0.6 is 0 Å². The predicted molar refractivity (Wildman–Crippen MR) is 45.7 cm³/mol. The number of aromatic carboxylic acids is 1. The van der Waals surface area contributed by atoms with Crippen LogP contribution in [0.3, 0.4) is 0 Å². The summed E-state index contributed by atoms with van der Waals surface area (Å²) in [6, 6.07) is 4.26. The van der Waals surface area contributed by atoms with Crippen LogP contribution < -0.4 is 5.73 Å². The number of hydrogen-bond donors (Lipinski definition) is 3. The Hall–Kier alpha value is -1.84. The molecule has 4 nitrogen and oxygen atoms in total. The van der Waals surface area contributed by atoms with Gasteiger partial charge in [0.2, 0.25) is 0 Å². The summed E-state index contributed by atoms with van der Waals surface area (Å²) < 4.78 is 0. The maximum Gasteiger partial charge on any atom is 0.335 e. The van der Waals surface area contributed by atoms with Gasteiger partial charge in [-0.1, -0.05) is 6.07 Å². The first kappa shape index (κ1) is 8.26. The van der Waals surface area contributed by atoms with E-state index in [2.05, 4.69) is 0 Å². The van der Waals surface area contributed by atoms with E-state index in [1.54, 1.807) is 0 Å². The normalized spacial score (nSPS) is 9.33. The van der Waals surface area contributed by atoms with Gasteiger partial charge in [0, 0.05) is 17.5 Å². The molecule has 0 bridgehead atoms. The fourth-order valence-electron chi connectivity index (χ4n) is 0.839. The van der Waals surface area contributed by atoms with Crippen molar-refractivity contribution in [3.63, 3.8) is 0 Å². The number of nitrogens with one attached hydrogen (secondary N) is 1. The molecular formula is C8H8N2O2. The highest BCUT2D eigenvalue weighted by atomic mass is 16.4. The zero-order valence-corrected chi connectivity index (χ0v) is 6.24. The van der Waals surface area contributed by atoms with Crippen molar-refractivity contribution in [2.45, 2.75) is 0 Å². The Bertz CT molecular complexity index is 334. The summed E-state index contributed by atoms with van der Waals surface area (Å²) in [5.74, 6) is -1.02. The maximum absolute atomic E-state index is 10.4. The van der Waals surface area contributed by atoms with Gasteiger partial charge < -0.3 is 16.2 Å². The highest BCUT2D eigenvalue weighted by molar-refractivity contribution is 5.92. The molecule has 62 valence electrons. The maximum atomic E-state index is 10.4. The molecule has 0 aliphatic heterocycles. The van der Waals surface area contributed by atoms with Crippen LogP contribution in [0.4, 0.5) is 5.69 Å². The minimum Gasteiger partial charge on any atom is -0.478 e. The Kier molecular flexibility index (Phi) is 2.09. The molecule has 1 aromatic rings. The van der Waals surface area contributed by atoms with Crippen molar-refractivity contribution in [2.75, 3.05) is 5.73 Å². The van der Waals surface area contributed by atoms with Gasteiger partial charge in [0.25, 0.3) is 0 Å². The molecule has 4 N–H and O–H groups in total. The molecule has 0 fully saturated rings. The van der Waals surface area contributed by atoms with Crippen molar-refractivity contribution in [2.24, 2.45) is 0 Å². The van der Waals surface area contributed by atoms with Gasteiger partial charge in [0.15, 0.2) is 0 Å². The number of benzene rings is 1. The first-order valence-electron chi connectivity index (χ1n) is 3.28. The minimum absolute atomic E-state index is 0.137. The van der Waals surface area contributed by atoms with Gasteiger partial charge in [-0.2, -0.15) is 0 Å². The molecule has 1 rings (SSSR count). The number of anilines is 1. The smallest absolute Gasteiger partial charge is 0.335 e. The van der Waals surface area contributed by atoms with Crippen LogP contribution in [0.5, 0.6) is 0 Å². The van der Waals surface area contributed by atoms with E-state index >= 15 is 0 Å². The third-order valence-electron chi connectivity index (χ3n) is 1.49. The topological polar surface area (TPSA) is 87.2 Å².